The molecule has 2 amide bonds. The second-order valence-electron chi connectivity index (χ2n) is 10.3. The van der Waals surface area contributed by atoms with Crippen molar-refractivity contribution in [3.63, 3.8) is 0 Å². The van der Waals surface area contributed by atoms with Crippen LogP contribution in [0.3, 0.4) is 0 Å². The Morgan fingerprint density at radius 3 is 2.12 bits per heavy atom. The van der Waals surface area contributed by atoms with Gasteiger partial charge in [-0.1, -0.05) is 72.8 Å². The Labute approximate surface area is 241 Å². The van der Waals surface area contributed by atoms with Gasteiger partial charge in [0.1, 0.15) is 11.9 Å². The fourth-order valence-corrected chi connectivity index (χ4v) is 5.53. The summed E-state index contributed by atoms with van der Waals surface area (Å²) < 4.78 is 46.0. The van der Waals surface area contributed by atoms with Crippen molar-refractivity contribution in [1.82, 2.24) is 14.5 Å². The van der Waals surface area contributed by atoms with Crippen LogP contribution in [0.5, 0.6) is 0 Å². The molecular formula is C31H36FN3O5S. The highest BCUT2D eigenvalue weighted by Crippen LogP contribution is 2.18. The molecule has 1 heterocycles. The van der Waals surface area contributed by atoms with Crippen molar-refractivity contribution in [3.05, 3.63) is 107 Å². The van der Waals surface area contributed by atoms with E-state index in [0.29, 0.717) is 18.7 Å². The molecule has 0 spiro atoms. The van der Waals surface area contributed by atoms with E-state index in [2.05, 4.69) is 5.32 Å². The first-order valence-corrected chi connectivity index (χ1v) is 15.5. The van der Waals surface area contributed by atoms with Crippen LogP contribution in [0.25, 0.3) is 0 Å². The van der Waals surface area contributed by atoms with Crippen molar-refractivity contribution >= 4 is 21.8 Å². The predicted molar refractivity (Wildman–Crippen MR) is 155 cm³/mol. The monoisotopic (exact) mass is 581 g/mol. The van der Waals surface area contributed by atoms with E-state index in [-0.39, 0.29) is 31.5 Å². The zero-order valence-electron chi connectivity index (χ0n) is 23.1. The quantitative estimate of drug-likeness (QED) is 0.333. The molecule has 0 bridgehead atoms. The summed E-state index contributed by atoms with van der Waals surface area (Å²) in [4.78, 5) is 29.1. The summed E-state index contributed by atoms with van der Waals surface area (Å²) >= 11 is 0. The number of benzene rings is 3. The number of rotatable bonds is 13. The van der Waals surface area contributed by atoms with E-state index in [1.807, 2.05) is 36.4 Å². The average Bonchev–Trinajstić information content (AvgIpc) is 3.49. The second-order valence-corrected chi connectivity index (χ2v) is 12.2. The van der Waals surface area contributed by atoms with Gasteiger partial charge in [0, 0.05) is 32.7 Å². The number of halogens is 1. The average molecular weight is 582 g/mol. The standard InChI is InChI=1S/C31H36FN3O5S/c1-41(38,39)34(21-25-11-6-3-7-12-25)23-30(36)35(22-26-14-16-27(32)17-15-26)29(19-24-9-4-2-5-10-24)31(37)33-20-28-13-8-18-40-28/h2-7,9-12,14-17,28-29H,8,13,18-23H2,1H3,(H,33,37)/t28-,29-/m1/s1. The highest BCUT2D eigenvalue weighted by atomic mass is 32.2. The van der Waals surface area contributed by atoms with Gasteiger partial charge in [-0.25, -0.2) is 12.8 Å². The number of ether oxygens (including phenoxy) is 1. The molecule has 3 aromatic rings. The predicted octanol–water partition coefficient (Wildman–Crippen LogP) is 3.52. The number of hydrogen-bond acceptors (Lipinski definition) is 5. The van der Waals surface area contributed by atoms with Gasteiger partial charge in [-0.3, -0.25) is 9.59 Å². The fourth-order valence-electron chi connectivity index (χ4n) is 4.80. The third-order valence-electron chi connectivity index (χ3n) is 7.05. The number of carbonyl (C=O) groups excluding carboxylic acids is 2. The van der Waals surface area contributed by atoms with Crippen molar-refractivity contribution in [3.8, 4) is 0 Å². The fraction of sp³-hybridized carbons (Fsp3) is 0.355. The van der Waals surface area contributed by atoms with Crippen molar-refractivity contribution < 1.29 is 27.1 Å². The Hall–Kier alpha value is -3.60. The van der Waals surface area contributed by atoms with Crippen molar-refractivity contribution in [2.75, 3.05) is 26.0 Å². The molecule has 8 nitrogen and oxygen atoms in total. The smallest absolute Gasteiger partial charge is 0.243 e. The number of carbonyl (C=O) groups is 2. The van der Waals surface area contributed by atoms with Crippen LogP contribution in [0, 0.1) is 5.82 Å². The summed E-state index contributed by atoms with van der Waals surface area (Å²) in [7, 11) is -3.78. The molecule has 2 atom stereocenters. The summed E-state index contributed by atoms with van der Waals surface area (Å²) in [6.07, 6.45) is 2.94. The molecule has 10 heteroatoms. The molecule has 1 aliphatic heterocycles. The largest absolute Gasteiger partial charge is 0.376 e. The minimum atomic E-state index is -3.78. The summed E-state index contributed by atoms with van der Waals surface area (Å²) in [6.45, 7) is 0.495. The Bertz CT molecular complexity index is 1380. The maximum atomic E-state index is 14.0. The van der Waals surface area contributed by atoms with Crippen LogP contribution in [0.4, 0.5) is 4.39 Å². The number of nitrogens with zero attached hydrogens (tertiary/aromatic N) is 2. The van der Waals surface area contributed by atoms with Crippen LogP contribution in [0.2, 0.25) is 0 Å². The van der Waals surface area contributed by atoms with E-state index >= 15 is 0 Å². The summed E-state index contributed by atoms with van der Waals surface area (Å²) in [6, 6.07) is 23.1. The number of hydrogen-bond donors (Lipinski definition) is 1. The summed E-state index contributed by atoms with van der Waals surface area (Å²) in [5.74, 6) is -1.33. The van der Waals surface area contributed by atoms with Gasteiger partial charge in [0.25, 0.3) is 0 Å². The molecule has 0 unspecified atom stereocenters. The lowest BCUT2D eigenvalue weighted by molar-refractivity contribution is -0.141. The van der Waals surface area contributed by atoms with Gasteiger partial charge < -0.3 is 15.0 Å². The number of sulfonamides is 1. The van der Waals surface area contributed by atoms with Crippen molar-refractivity contribution in [2.45, 2.75) is 44.5 Å². The second kappa shape index (κ2) is 14.3. The Morgan fingerprint density at radius 1 is 0.927 bits per heavy atom. The lowest BCUT2D eigenvalue weighted by atomic mass is 10.0. The molecular weight excluding hydrogens is 545 g/mol. The van der Waals surface area contributed by atoms with Crippen LogP contribution >= 0.6 is 0 Å². The third kappa shape index (κ3) is 9.21. The van der Waals surface area contributed by atoms with Gasteiger partial charge in [0.2, 0.25) is 21.8 Å². The molecule has 0 aliphatic carbocycles. The van der Waals surface area contributed by atoms with Crippen molar-refractivity contribution in [2.24, 2.45) is 0 Å². The molecule has 3 aromatic carbocycles. The van der Waals surface area contributed by atoms with E-state index in [0.717, 1.165) is 34.5 Å². The van der Waals surface area contributed by atoms with Gasteiger partial charge in [0.05, 0.1) is 18.9 Å². The zero-order chi connectivity index (χ0) is 29.2. The Morgan fingerprint density at radius 2 is 1.54 bits per heavy atom. The molecule has 1 aliphatic rings. The first-order chi connectivity index (χ1) is 19.7. The van der Waals surface area contributed by atoms with E-state index in [4.69, 9.17) is 4.74 Å². The van der Waals surface area contributed by atoms with Crippen LogP contribution in [0.15, 0.2) is 84.9 Å². The molecule has 1 saturated heterocycles. The van der Waals surface area contributed by atoms with Gasteiger partial charge >= 0.3 is 0 Å². The Balaban J connectivity index is 1.65. The molecule has 0 radical (unpaired) electrons. The molecule has 41 heavy (non-hydrogen) atoms. The van der Waals surface area contributed by atoms with Crippen LogP contribution in [-0.4, -0.2) is 67.5 Å². The minimum Gasteiger partial charge on any atom is -0.376 e. The van der Waals surface area contributed by atoms with E-state index in [9.17, 15) is 22.4 Å². The SMILES string of the molecule is CS(=O)(=O)N(CC(=O)N(Cc1ccc(F)cc1)[C@H](Cc1ccccc1)C(=O)NC[C@H]1CCCO1)Cc1ccccc1. The maximum absolute atomic E-state index is 14.0. The molecule has 0 aromatic heterocycles. The molecule has 4 rings (SSSR count). The molecule has 1 fully saturated rings. The molecule has 1 N–H and O–H groups in total. The van der Waals surface area contributed by atoms with E-state index in [1.54, 1.807) is 36.4 Å². The first-order valence-electron chi connectivity index (χ1n) is 13.7. The van der Waals surface area contributed by atoms with E-state index in [1.165, 1.54) is 17.0 Å². The molecule has 0 saturated carbocycles. The van der Waals surface area contributed by atoms with Crippen LogP contribution in [0.1, 0.15) is 29.5 Å². The van der Waals surface area contributed by atoms with Gasteiger partial charge in [-0.15, -0.1) is 0 Å². The lowest BCUT2D eigenvalue weighted by Gasteiger charge is -2.33. The summed E-state index contributed by atoms with van der Waals surface area (Å²) in [5, 5.41) is 2.95. The normalized spacial score (nSPS) is 15.9. The summed E-state index contributed by atoms with van der Waals surface area (Å²) in [5.41, 5.74) is 2.18. The van der Waals surface area contributed by atoms with Crippen LogP contribution < -0.4 is 5.32 Å². The highest BCUT2D eigenvalue weighted by molar-refractivity contribution is 7.88. The Kier molecular flexibility index (Phi) is 10.6. The minimum absolute atomic E-state index is 0.00433. The third-order valence-corrected chi connectivity index (χ3v) is 8.24. The number of nitrogens with one attached hydrogen (secondary N) is 1. The van der Waals surface area contributed by atoms with Crippen molar-refractivity contribution in [1.29, 1.82) is 0 Å². The number of amides is 2. The lowest BCUT2D eigenvalue weighted by Crippen LogP contribution is -2.54. The highest BCUT2D eigenvalue weighted by Gasteiger charge is 2.33. The van der Waals surface area contributed by atoms with Gasteiger partial charge in [0.15, 0.2) is 0 Å². The van der Waals surface area contributed by atoms with E-state index < -0.39 is 34.3 Å². The first kappa shape index (κ1) is 30.4. The van der Waals surface area contributed by atoms with Gasteiger partial charge in [-0.2, -0.15) is 4.31 Å². The maximum Gasteiger partial charge on any atom is 0.243 e. The van der Waals surface area contributed by atoms with Gasteiger partial charge in [-0.05, 0) is 41.7 Å². The van der Waals surface area contributed by atoms with Crippen LogP contribution in [-0.2, 0) is 43.9 Å². The zero-order valence-corrected chi connectivity index (χ0v) is 23.9. The molecule has 218 valence electrons. The topological polar surface area (TPSA) is 96.0 Å².